The quantitative estimate of drug-likeness (QED) is 0.524. The molecule has 0 aromatic carbocycles. The summed E-state index contributed by atoms with van der Waals surface area (Å²) in [7, 11) is 3.53. The van der Waals surface area contributed by atoms with Crippen molar-refractivity contribution in [1.82, 2.24) is 29.2 Å². The Kier molecular flexibility index (Phi) is 8.34. The minimum Gasteiger partial charge on any atom is -0.444 e. The van der Waals surface area contributed by atoms with Crippen molar-refractivity contribution in [2.75, 3.05) is 39.0 Å². The summed E-state index contributed by atoms with van der Waals surface area (Å²) >= 11 is 0. The summed E-state index contributed by atoms with van der Waals surface area (Å²) in [6.45, 7) is 9.35. The van der Waals surface area contributed by atoms with Gasteiger partial charge in [-0.15, -0.1) is 0 Å². The molecule has 1 N–H and O–H groups in total. The van der Waals surface area contributed by atoms with E-state index in [0.29, 0.717) is 36.8 Å². The Bertz CT molecular complexity index is 1530. The largest absolute Gasteiger partial charge is 0.444 e. The van der Waals surface area contributed by atoms with Crippen LogP contribution in [0.1, 0.15) is 82.8 Å². The van der Waals surface area contributed by atoms with Crippen LogP contribution in [0.3, 0.4) is 0 Å². The van der Waals surface area contributed by atoms with Crippen LogP contribution in [0.15, 0.2) is 28.9 Å². The summed E-state index contributed by atoms with van der Waals surface area (Å²) in [5.41, 5.74) is 1.39. The van der Waals surface area contributed by atoms with E-state index in [4.69, 9.17) is 14.7 Å². The Morgan fingerprint density at radius 1 is 1.02 bits per heavy atom. The van der Waals surface area contributed by atoms with Gasteiger partial charge < -0.3 is 29.3 Å². The first kappa shape index (κ1) is 31.0. The molecule has 0 radical (unpaired) electrons. The SMILES string of the molecule is CC1C=C(C(=O)N2CC3CCC(C2)N(C(=O)OC(C)(C)C)C3)C=NC1Nc1ncc2cc(C(=O)N(C)C)n(C3CCCC3)c2n1. The van der Waals surface area contributed by atoms with Gasteiger partial charge in [0.25, 0.3) is 11.8 Å². The van der Waals surface area contributed by atoms with Crippen LogP contribution in [0.4, 0.5) is 10.7 Å². The van der Waals surface area contributed by atoms with E-state index in [-0.39, 0.29) is 48.0 Å². The van der Waals surface area contributed by atoms with Crippen molar-refractivity contribution < 1.29 is 19.1 Å². The smallest absolute Gasteiger partial charge is 0.410 e. The molecule has 0 spiro atoms. The number of hydrogen-bond donors (Lipinski definition) is 1. The van der Waals surface area contributed by atoms with E-state index in [1.165, 1.54) is 0 Å². The molecule has 2 bridgehead atoms. The van der Waals surface area contributed by atoms with E-state index < -0.39 is 5.60 Å². The molecular weight excluding hydrogens is 572 g/mol. The van der Waals surface area contributed by atoms with Gasteiger partial charge in [0.1, 0.15) is 23.1 Å². The number of fused-ring (bicyclic) bond motifs is 5. The fourth-order valence-corrected chi connectivity index (χ4v) is 7.12. The van der Waals surface area contributed by atoms with E-state index in [9.17, 15) is 14.4 Å². The minimum absolute atomic E-state index is 0.0443. The highest BCUT2D eigenvalue weighted by atomic mass is 16.6. The molecule has 12 nitrogen and oxygen atoms in total. The average Bonchev–Trinajstić information content (AvgIpc) is 3.54. The number of hydrogen-bond acceptors (Lipinski definition) is 8. The van der Waals surface area contributed by atoms with Crippen molar-refractivity contribution in [2.24, 2.45) is 16.8 Å². The molecule has 2 aromatic rings. The Morgan fingerprint density at radius 2 is 1.78 bits per heavy atom. The van der Waals surface area contributed by atoms with Gasteiger partial charge in [0, 0.05) is 63.5 Å². The summed E-state index contributed by atoms with van der Waals surface area (Å²) in [5, 5.41) is 4.19. The predicted molar refractivity (Wildman–Crippen MR) is 172 cm³/mol. The summed E-state index contributed by atoms with van der Waals surface area (Å²) in [6.07, 6.45) is 10.9. The van der Waals surface area contributed by atoms with Gasteiger partial charge in [0.15, 0.2) is 0 Å². The van der Waals surface area contributed by atoms with Crippen molar-refractivity contribution in [3.63, 3.8) is 0 Å². The number of carbonyl (C=O) groups excluding carboxylic acids is 3. The number of nitrogens with zero attached hydrogens (tertiary/aromatic N) is 7. The average molecular weight is 619 g/mol. The molecule has 6 heterocycles. The molecule has 4 aliphatic heterocycles. The molecule has 1 aliphatic carbocycles. The van der Waals surface area contributed by atoms with Crippen LogP contribution in [-0.2, 0) is 9.53 Å². The zero-order valence-electron chi connectivity index (χ0n) is 27.3. The lowest BCUT2D eigenvalue weighted by atomic mass is 9.95. The van der Waals surface area contributed by atoms with Gasteiger partial charge in [-0.3, -0.25) is 14.6 Å². The van der Waals surface area contributed by atoms with Gasteiger partial charge in [-0.2, -0.15) is 4.98 Å². The standard InChI is InChI=1S/C33H46N8O4/c1-20-13-23(29(42)39-17-21-11-12-25(19-39)40(18-21)32(44)45-33(2,3)4)16-34-27(20)36-31-35-15-22-14-26(30(43)38(5)6)41(28(22)37-31)24-9-7-8-10-24/h13-16,20-21,24-25,27H,7-12,17-19H2,1-6H3,(H,35,36,37). The third kappa shape index (κ3) is 6.41. The second-order valence-electron chi connectivity index (χ2n) is 14.3. The van der Waals surface area contributed by atoms with Gasteiger partial charge >= 0.3 is 6.09 Å². The van der Waals surface area contributed by atoms with Gasteiger partial charge in [0.05, 0.1) is 11.6 Å². The first-order valence-electron chi connectivity index (χ1n) is 16.3. The molecule has 1 saturated carbocycles. The molecule has 4 fully saturated rings. The van der Waals surface area contributed by atoms with E-state index in [0.717, 1.165) is 49.6 Å². The molecule has 7 rings (SSSR count). The number of nitrogens with one attached hydrogen (secondary N) is 1. The first-order valence-corrected chi connectivity index (χ1v) is 16.3. The predicted octanol–water partition coefficient (Wildman–Crippen LogP) is 4.49. The second kappa shape index (κ2) is 12.1. The highest BCUT2D eigenvalue weighted by Gasteiger charge is 2.41. The van der Waals surface area contributed by atoms with Crippen molar-refractivity contribution in [3.05, 3.63) is 29.6 Å². The van der Waals surface area contributed by atoms with Crippen molar-refractivity contribution in [3.8, 4) is 0 Å². The Hall–Kier alpha value is -3.96. The number of aliphatic imine (C=N–C) groups is 1. The summed E-state index contributed by atoms with van der Waals surface area (Å²) in [6, 6.07) is 2.07. The zero-order chi connectivity index (χ0) is 32.0. The van der Waals surface area contributed by atoms with E-state index in [1.807, 2.05) is 49.6 Å². The number of dihydropyridines is 1. The Balaban J connectivity index is 1.15. The highest BCUT2D eigenvalue weighted by Crippen LogP contribution is 2.35. The third-order valence-corrected chi connectivity index (χ3v) is 9.36. The number of anilines is 1. The van der Waals surface area contributed by atoms with Crippen molar-refractivity contribution in [1.29, 1.82) is 0 Å². The third-order valence-electron chi connectivity index (χ3n) is 9.36. The van der Waals surface area contributed by atoms with E-state index in [2.05, 4.69) is 14.9 Å². The first-order chi connectivity index (χ1) is 21.4. The molecule has 4 atom stereocenters. The number of rotatable bonds is 5. The van der Waals surface area contributed by atoms with Gasteiger partial charge in [-0.05, 0) is 58.4 Å². The molecule has 242 valence electrons. The Labute approximate surface area is 264 Å². The maximum atomic E-state index is 13.7. The van der Waals surface area contributed by atoms with Crippen LogP contribution in [0.2, 0.25) is 0 Å². The number of ether oxygens (including phenoxy) is 1. The number of piperidine rings is 1. The van der Waals surface area contributed by atoms with Crippen LogP contribution in [-0.4, -0.2) is 105 Å². The van der Waals surface area contributed by atoms with E-state index >= 15 is 0 Å². The number of carbonyl (C=O) groups is 3. The fraction of sp³-hybridized carbons (Fsp3) is 0.636. The maximum absolute atomic E-state index is 13.7. The van der Waals surface area contributed by atoms with Gasteiger partial charge in [0.2, 0.25) is 5.95 Å². The minimum atomic E-state index is -0.562. The monoisotopic (exact) mass is 618 g/mol. The van der Waals surface area contributed by atoms with Crippen molar-refractivity contribution >= 4 is 41.1 Å². The lowest BCUT2D eigenvalue weighted by molar-refractivity contribution is -0.127. The molecule has 45 heavy (non-hydrogen) atoms. The molecule has 3 amide bonds. The zero-order valence-corrected chi connectivity index (χ0v) is 27.3. The van der Waals surface area contributed by atoms with Gasteiger partial charge in [-0.25, -0.2) is 9.78 Å². The maximum Gasteiger partial charge on any atom is 0.410 e. The summed E-state index contributed by atoms with van der Waals surface area (Å²) < 4.78 is 7.76. The second-order valence-corrected chi connectivity index (χ2v) is 14.3. The normalized spacial score (nSPS) is 25.3. The van der Waals surface area contributed by atoms with Crippen LogP contribution >= 0.6 is 0 Å². The topological polar surface area (TPSA) is 125 Å². The Morgan fingerprint density at radius 3 is 2.47 bits per heavy atom. The van der Waals surface area contributed by atoms with Crippen molar-refractivity contribution in [2.45, 2.75) is 90.1 Å². The lowest BCUT2D eigenvalue weighted by Gasteiger charge is -2.36. The summed E-state index contributed by atoms with van der Waals surface area (Å²) in [5.74, 6) is 0.459. The van der Waals surface area contributed by atoms with Gasteiger partial charge in [-0.1, -0.05) is 25.8 Å². The molecular formula is C33H46N8O4. The molecule has 12 heteroatoms. The lowest BCUT2D eigenvalue weighted by Crippen LogP contribution is -2.49. The van der Waals surface area contributed by atoms with Crippen LogP contribution in [0, 0.1) is 11.8 Å². The number of aromatic nitrogens is 3. The molecule has 4 unspecified atom stereocenters. The molecule has 2 aromatic heterocycles. The summed E-state index contributed by atoms with van der Waals surface area (Å²) in [4.78, 5) is 59.1. The van der Waals surface area contributed by atoms with Crippen LogP contribution < -0.4 is 5.32 Å². The highest BCUT2D eigenvalue weighted by molar-refractivity contribution is 6.12. The van der Waals surface area contributed by atoms with Crippen LogP contribution in [0.5, 0.6) is 0 Å². The van der Waals surface area contributed by atoms with Crippen LogP contribution in [0.25, 0.3) is 11.0 Å². The fourth-order valence-electron chi connectivity index (χ4n) is 7.12. The number of amides is 3. The molecule has 3 saturated heterocycles. The van der Waals surface area contributed by atoms with E-state index in [1.54, 1.807) is 31.4 Å². The molecule has 5 aliphatic rings.